The normalized spacial score (nSPS) is 13.3. The van der Waals surface area contributed by atoms with E-state index >= 15 is 0 Å². The molecule has 0 amide bonds. The molecule has 0 spiro atoms. The maximum Gasteiger partial charge on any atom is 0.502 e. The van der Waals surface area contributed by atoms with E-state index in [1.807, 2.05) is 20.8 Å². The van der Waals surface area contributed by atoms with Gasteiger partial charge in [0.2, 0.25) is 6.08 Å². The summed E-state index contributed by atoms with van der Waals surface area (Å²) in [5, 5.41) is 0. The Hall–Kier alpha value is -0.523. The zero-order chi connectivity index (χ0) is 11.7. The van der Waals surface area contributed by atoms with E-state index in [9.17, 15) is 4.79 Å². The van der Waals surface area contributed by atoms with Gasteiger partial charge in [-0.1, -0.05) is 6.92 Å². The highest BCUT2D eigenvalue weighted by Gasteiger charge is 2.40. The van der Waals surface area contributed by atoms with Gasteiger partial charge in [-0.25, -0.2) is 4.79 Å². The Kier molecular flexibility index (Phi) is 7.46. The summed E-state index contributed by atoms with van der Waals surface area (Å²) in [6, 6.07) is 0.660. The minimum absolute atomic E-state index is 0.525. The summed E-state index contributed by atoms with van der Waals surface area (Å²) >= 11 is 0. The summed E-state index contributed by atoms with van der Waals surface area (Å²) in [6.07, 6.45) is 0.897. The van der Waals surface area contributed by atoms with Gasteiger partial charge in [0, 0.05) is 19.3 Å². The minimum atomic E-state index is -2.64. The first kappa shape index (κ1) is 14.5. The molecule has 0 saturated heterocycles. The molecule has 0 saturated carbocycles. The minimum Gasteiger partial charge on any atom is -0.374 e. The van der Waals surface area contributed by atoms with Gasteiger partial charge >= 0.3 is 8.80 Å². The van der Waals surface area contributed by atoms with Crippen molar-refractivity contribution in [2.45, 2.75) is 40.0 Å². The van der Waals surface area contributed by atoms with Crippen LogP contribution in [0, 0.1) is 0 Å². The van der Waals surface area contributed by atoms with Crippen LogP contribution in [0.2, 0.25) is 6.04 Å². The van der Waals surface area contributed by atoms with Crippen LogP contribution in [0.5, 0.6) is 0 Å². The fraction of sp³-hybridized carbons (Fsp3) is 0.889. The van der Waals surface area contributed by atoms with Gasteiger partial charge in [0.15, 0.2) is 6.23 Å². The van der Waals surface area contributed by atoms with E-state index in [1.54, 1.807) is 6.92 Å². The average Bonchev–Trinajstić information content (AvgIpc) is 2.18. The van der Waals surface area contributed by atoms with Crippen LogP contribution in [-0.2, 0) is 18.1 Å². The first-order valence-corrected chi connectivity index (χ1v) is 7.10. The molecule has 5 nitrogen and oxygen atoms in total. The maximum absolute atomic E-state index is 10.1. The molecule has 0 bridgehead atoms. The second-order valence-corrected chi connectivity index (χ2v) is 5.73. The molecule has 0 N–H and O–H groups in total. The molecule has 0 rings (SSSR count). The lowest BCUT2D eigenvalue weighted by atomic mass is 10.7. The van der Waals surface area contributed by atoms with Crippen molar-refractivity contribution in [3.05, 3.63) is 0 Å². The topological polar surface area (TPSA) is 57.1 Å². The summed E-state index contributed by atoms with van der Waals surface area (Å²) in [7, 11) is -2.64. The fourth-order valence-electron chi connectivity index (χ4n) is 1.20. The first-order chi connectivity index (χ1) is 7.14. The van der Waals surface area contributed by atoms with Crippen LogP contribution in [0.1, 0.15) is 27.7 Å². The van der Waals surface area contributed by atoms with Crippen LogP contribution >= 0.6 is 0 Å². The van der Waals surface area contributed by atoms with Gasteiger partial charge in [-0.05, 0) is 20.8 Å². The number of hydrogen-bond donors (Lipinski definition) is 0. The molecule has 0 aromatic carbocycles. The highest BCUT2D eigenvalue weighted by atomic mass is 28.4. The molecule has 0 fully saturated rings. The van der Waals surface area contributed by atoms with Crippen LogP contribution < -0.4 is 0 Å². The molecule has 0 aromatic rings. The Bertz CT molecular complexity index is 212. The van der Waals surface area contributed by atoms with Crippen LogP contribution in [-0.4, -0.2) is 34.3 Å². The van der Waals surface area contributed by atoms with Gasteiger partial charge in [-0.2, -0.15) is 4.99 Å². The fourth-order valence-corrected chi connectivity index (χ4v) is 3.44. The third kappa shape index (κ3) is 5.20. The average molecular weight is 233 g/mol. The van der Waals surface area contributed by atoms with Crippen LogP contribution in [0.25, 0.3) is 0 Å². The standard InChI is InChI=1S/C9H19NO4Si/c1-5-12-15(7-3,13-6-2)14-9(4)10-8-11/h9H,5-7H2,1-4H3. The van der Waals surface area contributed by atoms with Gasteiger partial charge in [0.05, 0.1) is 0 Å². The van der Waals surface area contributed by atoms with Crippen molar-refractivity contribution < 1.29 is 18.1 Å². The Morgan fingerprint density at radius 1 is 1.27 bits per heavy atom. The van der Waals surface area contributed by atoms with Crippen LogP contribution in [0.15, 0.2) is 4.99 Å². The largest absolute Gasteiger partial charge is 0.502 e. The second-order valence-electron chi connectivity index (χ2n) is 2.84. The van der Waals surface area contributed by atoms with Crippen LogP contribution in [0.4, 0.5) is 0 Å². The van der Waals surface area contributed by atoms with Gasteiger partial charge < -0.3 is 13.3 Å². The second kappa shape index (κ2) is 7.73. The van der Waals surface area contributed by atoms with Gasteiger partial charge in [-0.15, -0.1) is 0 Å². The van der Waals surface area contributed by atoms with Gasteiger partial charge in [0.25, 0.3) is 0 Å². The van der Waals surface area contributed by atoms with Crippen LogP contribution in [0.3, 0.4) is 0 Å². The van der Waals surface area contributed by atoms with Gasteiger partial charge in [0.1, 0.15) is 0 Å². The number of nitrogens with zero attached hydrogens (tertiary/aromatic N) is 1. The molecular weight excluding hydrogens is 214 g/mol. The lowest BCUT2D eigenvalue weighted by Crippen LogP contribution is -2.47. The SMILES string of the molecule is CCO[Si](CC)(OCC)OC(C)N=C=O. The summed E-state index contributed by atoms with van der Waals surface area (Å²) in [5.74, 6) is 0. The highest BCUT2D eigenvalue weighted by molar-refractivity contribution is 6.60. The maximum atomic E-state index is 10.1. The molecule has 0 aliphatic rings. The summed E-state index contributed by atoms with van der Waals surface area (Å²) in [4.78, 5) is 13.5. The quantitative estimate of drug-likeness (QED) is 0.364. The predicted molar refractivity (Wildman–Crippen MR) is 58.2 cm³/mol. The third-order valence-electron chi connectivity index (χ3n) is 1.75. The summed E-state index contributed by atoms with van der Waals surface area (Å²) < 4.78 is 16.7. The third-order valence-corrected chi connectivity index (χ3v) is 4.77. The lowest BCUT2D eigenvalue weighted by Gasteiger charge is -2.28. The van der Waals surface area contributed by atoms with Crippen molar-refractivity contribution in [2.75, 3.05) is 13.2 Å². The highest BCUT2D eigenvalue weighted by Crippen LogP contribution is 2.17. The van der Waals surface area contributed by atoms with Crippen molar-refractivity contribution in [1.29, 1.82) is 0 Å². The molecule has 1 atom stereocenters. The molecule has 15 heavy (non-hydrogen) atoms. The number of rotatable bonds is 8. The molecule has 1 unspecified atom stereocenters. The van der Waals surface area contributed by atoms with Crippen molar-refractivity contribution in [2.24, 2.45) is 4.99 Å². The lowest BCUT2D eigenvalue weighted by molar-refractivity contribution is 0.0424. The Balaban J connectivity index is 4.50. The number of aliphatic imine (C=N–C) groups is 1. The smallest absolute Gasteiger partial charge is 0.374 e. The Morgan fingerprint density at radius 3 is 2.13 bits per heavy atom. The molecule has 0 aliphatic heterocycles. The molecule has 0 aromatic heterocycles. The summed E-state index contributed by atoms with van der Waals surface area (Å²) in [6.45, 7) is 8.42. The van der Waals surface area contributed by atoms with Crippen molar-refractivity contribution >= 4 is 14.9 Å². The van der Waals surface area contributed by atoms with E-state index in [4.69, 9.17) is 13.3 Å². The van der Waals surface area contributed by atoms with E-state index in [0.717, 1.165) is 0 Å². The number of carbonyl (C=O) groups excluding carboxylic acids is 1. The predicted octanol–water partition coefficient (Wildman–Crippen LogP) is 1.72. The van der Waals surface area contributed by atoms with Crippen molar-refractivity contribution in [1.82, 2.24) is 0 Å². The molecule has 0 heterocycles. The Labute approximate surface area is 91.8 Å². The van der Waals surface area contributed by atoms with Gasteiger partial charge in [-0.3, -0.25) is 0 Å². The van der Waals surface area contributed by atoms with E-state index < -0.39 is 15.0 Å². The summed E-state index contributed by atoms with van der Waals surface area (Å²) in [5.41, 5.74) is 0. The van der Waals surface area contributed by atoms with E-state index in [0.29, 0.717) is 19.3 Å². The van der Waals surface area contributed by atoms with E-state index in [2.05, 4.69) is 4.99 Å². The van der Waals surface area contributed by atoms with Crippen molar-refractivity contribution in [3.63, 3.8) is 0 Å². The molecule has 0 aliphatic carbocycles. The number of hydrogen-bond acceptors (Lipinski definition) is 5. The zero-order valence-electron chi connectivity index (χ0n) is 9.78. The molecular formula is C9H19NO4Si. The Morgan fingerprint density at radius 2 is 1.80 bits per heavy atom. The molecule has 0 radical (unpaired) electrons. The van der Waals surface area contributed by atoms with E-state index in [1.165, 1.54) is 6.08 Å². The number of isocyanates is 1. The zero-order valence-corrected chi connectivity index (χ0v) is 10.8. The monoisotopic (exact) mass is 233 g/mol. The molecule has 6 heteroatoms. The van der Waals surface area contributed by atoms with E-state index in [-0.39, 0.29) is 0 Å². The first-order valence-electron chi connectivity index (χ1n) is 5.16. The van der Waals surface area contributed by atoms with Crippen molar-refractivity contribution in [3.8, 4) is 0 Å². The molecule has 88 valence electrons.